The van der Waals surface area contributed by atoms with E-state index < -0.39 is 0 Å². The van der Waals surface area contributed by atoms with Gasteiger partial charge in [-0.05, 0) is 67.6 Å². The summed E-state index contributed by atoms with van der Waals surface area (Å²) in [5.74, 6) is 0.728. The average Bonchev–Trinajstić information content (AvgIpc) is 3.31. The summed E-state index contributed by atoms with van der Waals surface area (Å²) in [5.41, 5.74) is 4.93. The Morgan fingerprint density at radius 1 is 0.909 bits per heavy atom. The molecule has 5 nitrogen and oxygen atoms in total. The lowest BCUT2D eigenvalue weighted by molar-refractivity contribution is -0.113. The maximum absolute atomic E-state index is 13.8. The lowest BCUT2D eigenvalue weighted by Gasteiger charge is -2.17. The van der Waals surface area contributed by atoms with Crippen LogP contribution in [-0.2, 0) is 4.79 Å². The SMILES string of the molecule is COc1ccc2c(c1)N(C)C(=C1SC(=Nc3ccc(C)cc3)N(c3cccc(C)c3)C1=O)S2. The maximum atomic E-state index is 13.8. The quantitative estimate of drug-likeness (QED) is 0.407. The second-order valence-corrected chi connectivity index (χ2v) is 9.95. The molecule has 0 aromatic heterocycles. The minimum Gasteiger partial charge on any atom is -0.497 e. The molecule has 3 aromatic rings. The first-order valence-corrected chi connectivity index (χ1v) is 12.2. The second-order valence-electron chi connectivity index (χ2n) is 7.94. The molecule has 1 saturated heterocycles. The number of nitrogens with zero attached hydrogens (tertiary/aromatic N) is 3. The van der Waals surface area contributed by atoms with Crippen LogP contribution in [0.5, 0.6) is 5.75 Å². The molecule has 2 aliphatic heterocycles. The molecule has 0 aliphatic carbocycles. The van der Waals surface area contributed by atoms with Gasteiger partial charge < -0.3 is 9.64 Å². The zero-order chi connectivity index (χ0) is 23.1. The van der Waals surface area contributed by atoms with Crippen LogP contribution in [0.2, 0.25) is 0 Å². The van der Waals surface area contributed by atoms with Crippen molar-refractivity contribution in [1.29, 1.82) is 0 Å². The third kappa shape index (κ3) is 4.03. The van der Waals surface area contributed by atoms with Crippen molar-refractivity contribution >= 4 is 51.7 Å². The molecule has 1 amide bonds. The van der Waals surface area contributed by atoms with Crippen LogP contribution in [0, 0.1) is 13.8 Å². The summed E-state index contributed by atoms with van der Waals surface area (Å²) in [5, 5.41) is 1.56. The Labute approximate surface area is 202 Å². The van der Waals surface area contributed by atoms with Crippen LogP contribution in [0.1, 0.15) is 11.1 Å². The van der Waals surface area contributed by atoms with Crippen LogP contribution in [0.25, 0.3) is 0 Å². The summed E-state index contributed by atoms with van der Waals surface area (Å²) >= 11 is 3.02. The second kappa shape index (κ2) is 8.65. The highest BCUT2D eigenvalue weighted by molar-refractivity contribution is 8.20. The van der Waals surface area contributed by atoms with Crippen molar-refractivity contribution in [3.05, 3.63) is 87.8 Å². The third-order valence-electron chi connectivity index (χ3n) is 5.53. The van der Waals surface area contributed by atoms with Crippen LogP contribution in [0.4, 0.5) is 17.1 Å². The van der Waals surface area contributed by atoms with Gasteiger partial charge in [-0.3, -0.25) is 9.69 Å². The molecule has 166 valence electrons. The molecule has 0 radical (unpaired) electrons. The van der Waals surface area contributed by atoms with Gasteiger partial charge in [0, 0.05) is 18.0 Å². The zero-order valence-electron chi connectivity index (χ0n) is 18.8. The molecule has 7 heteroatoms. The fourth-order valence-corrected chi connectivity index (χ4v) is 6.08. The van der Waals surface area contributed by atoms with Gasteiger partial charge in [-0.25, -0.2) is 4.99 Å². The van der Waals surface area contributed by atoms with E-state index in [1.165, 1.54) is 17.3 Å². The van der Waals surface area contributed by atoms with E-state index in [0.717, 1.165) is 38.3 Å². The minimum atomic E-state index is -0.0643. The number of carbonyl (C=O) groups is 1. The molecular weight excluding hydrogens is 450 g/mol. The smallest absolute Gasteiger partial charge is 0.274 e. The molecule has 2 aliphatic rings. The number of anilines is 2. The van der Waals surface area contributed by atoms with Crippen molar-refractivity contribution in [3.8, 4) is 5.75 Å². The molecule has 0 unspecified atom stereocenters. The Balaban J connectivity index is 1.60. The molecular formula is C26H23N3O2S2. The van der Waals surface area contributed by atoms with Crippen LogP contribution in [0.15, 0.2) is 86.6 Å². The van der Waals surface area contributed by atoms with Crippen molar-refractivity contribution in [2.24, 2.45) is 4.99 Å². The molecule has 0 N–H and O–H groups in total. The van der Waals surface area contributed by atoms with Crippen LogP contribution < -0.4 is 14.5 Å². The average molecular weight is 474 g/mol. The summed E-state index contributed by atoms with van der Waals surface area (Å²) in [4.78, 5) is 24.2. The van der Waals surface area contributed by atoms with E-state index in [2.05, 4.69) is 4.90 Å². The Kier molecular flexibility index (Phi) is 5.68. The normalized spacial score (nSPS) is 18.9. The highest BCUT2D eigenvalue weighted by atomic mass is 32.2. The molecule has 3 aromatic carbocycles. The predicted octanol–water partition coefficient (Wildman–Crippen LogP) is 6.49. The van der Waals surface area contributed by atoms with Gasteiger partial charge in [0.15, 0.2) is 5.17 Å². The van der Waals surface area contributed by atoms with E-state index >= 15 is 0 Å². The Bertz CT molecular complexity index is 1320. The van der Waals surface area contributed by atoms with Gasteiger partial charge in [0.1, 0.15) is 10.7 Å². The van der Waals surface area contributed by atoms with Crippen molar-refractivity contribution in [3.63, 3.8) is 0 Å². The first-order chi connectivity index (χ1) is 15.9. The summed E-state index contributed by atoms with van der Waals surface area (Å²) in [6.07, 6.45) is 0. The van der Waals surface area contributed by atoms with Gasteiger partial charge in [-0.1, -0.05) is 41.6 Å². The van der Waals surface area contributed by atoms with Gasteiger partial charge in [-0.2, -0.15) is 0 Å². The summed E-state index contributed by atoms with van der Waals surface area (Å²) in [6, 6.07) is 22.0. The summed E-state index contributed by atoms with van der Waals surface area (Å²) < 4.78 is 5.40. The van der Waals surface area contributed by atoms with Gasteiger partial charge >= 0.3 is 0 Å². The molecule has 1 fully saturated rings. The first-order valence-electron chi connectivity index (χ1n) is 10.5. The number of benzene rings is 3. The number of thioether (sulfide) groups is 2. The van der Waals surface area contributed by atoms with Gasteiger partial charge in [-0.15, -0.1) is 0 Å². The minimum absolute atomic E-state index is 0.0643. The number of aryl methyl sites for hydroxylation is 2. The van der Waals surface area contributed by atoms with Crippen molar-refractivity contribution in [2.75, 3.05) is 24.0 Å². The molecule has 0 atom stereocenters. The first kappa shape index (κ1) is 21.7. The molecule has 33 heavy (non-hydrogen) atoms. The Morgan fingerprint density at radius 3 is 2.42 bits per heavy atom. The number of fused-ring (bicyclic) bond motifs is 1. The number of hydrogen-bond donors (Lipinski definition) is 0. The number of hydrogen-bond acceptors (Lipinski definition) is 6. The number of methoxy groups -OCH3 is 1. The topological polar surface area (TPSA) is 45.1 Å². The Morgan fingerprint density at radius 2 is 1.70 bits per heavy atom. The third-order valence-corrected chi connectivity index (χ3v) is 7.93. The molecule has 2 heterocycles. The van der Waals surface area contributed by atoms with E-state index in [4.69, 9.17) is 9.73 Å². The zero-order valence-corrected chi connectivity index (χ0v) is 20.5. The lowest BCUT2D eigenvalue weighted by atomic mass is 10.2. The monoisotopic (exact) mass is 473 g/mol. The number of carbonyl (C=O) groups excluding carboxylic acids is 1. The summed E-state index contributed by atoms with van der Waals surface area (Å²) in [6.45, 7) is 4.07. The van der Waals surface area contributed by atoms with Crippen molar-refractivity contribution < 1.29 is 9.53 Å². The number of amidine groups is 1. The van der Waals surface area contributed by atoms with Gasteiger partial charge in [0.05, 0.1) is 29.2 Å². The van der Waals surface area contributed by atoms with Gasteiger partial charge in [0.2, 0.25) is 0 Å². The molecule has 0 spiro atoms. The molecule has 0 bridgehead atoms. The fraction of sp³-hybridized carbons (Fsp3) is 0.154. The number of rotatable bonds is 3. The van der Waals surface area contributed by atoms with E-state index in [9.17, 15) is 4.79 Å². The largest absolute Gasteiger partial charge is 0.497 e. The summed E-state index contributed by atoms with van der Waals surface area (Å²) in [7, 11) is 3.65. The lowest BCUT2D eigenvalue weighted by Crippen LogP contribution is -2.29. The van der Waals surface area contributed by atoms with Crippen molar-refractivity contribution in [2.45, 2.75) is 18.7 Å². The van der Waals surface area contributed by atoms with E-state index in [-0.39, 0.29) is 5.91 Å². The number of ether oxygens (including phenoxy) is 1. The predicted molar refractivity (Wildman–Crippen MR) is 139 cm³/mol. The Hall–Kier alpha value is -3.16. The van der Waals surface area contributed by atoms with Crippen LogP contribution >= 0.6 is 23.5 Å². The maximum Gasteiger partial charge on any atom is 0.274 e. The van der Waals surface area contributed by atoms with Crippen LogP contribution in [0.3, 0.4) is 0 Å². The highest BCUT2D eigenvalue weighted by Gasteiger charge is 2.40. The highest BCUT2D eigenvalue weighted by Crippen LogP contribution is 2.51. The molecule has 5 rings (SSSR count). The number of aliphatic imine (C=N–C) groups is 1. The molecule has 0 saturated carbocycles. The van der Waals surface area contributed by atoms with E-state index in [0.29, 0.717) is 10.1 Å². The van der Waals surface area contributed by atoms with Crippen LogP contribution in [-0.4, -0.2) is 25.2 Å². The standard InChI is InChI=1S/C26H23N3O2S2/c1-16-8-10-18(11-9-16)27-26-29(19-7-5-6-17(2)14-19)24(30)23(33-26)25-28(3)21-15-20(31-4)12-13-22(21)32-25/h5-15H,1-4H3. The van der Waals surface area contributed by atoms with E-state index in [1.807, 2.05) is 87.6 Å². The van der Waals surface area contributed by atoms with E-state index in [1.54, 1.807) is 23.8 Å². The number of amides is 1. The van der Waals surface area contributed by atoms with Crippen molar-refractivity contribution in [1.82, 2.24) is 0 Å². The van der Waals surface area contributed by atoms with Gasteiger partial charge in [0.25, 0.3) is 5.91 Å². The fourth-order valence-electron chi connectivity index (χ4n) is 3.75.